The van der Waals surface area contributed by atoms with E-state index in [1.54, 1.807) is 0 Å². The van der Waals surface area contributed by atoms with Crippen molar-refractivity contribution < 1.29 is 80.2 Å². The summed E-state index contributed by atoms with van der Waals surface area (Å²) < 4.78 is 68.1. The summed E-state index contributed by atoms with van der Waals surface area (Å²) in [4.78, 5) is 72.3. The second-order valence-electron chi connectivity index (χ2n) is 25.0. The van der Waals surface area contributed by atoms with Crippen LogP contribution in [-0.4, -0.2) is 96.7 Å². The molecule has 0 radical (unpaired) electrons. The van der Waals surface area contributed by atoms with Gasteiger partial charge in [-0.2, -0.15) is 0 Å². The van der Waals surface area contributed by atoms with Gasteiger partial charge in [-0.15, -0.1) is 0 Å². The van der Waals surface area contributed by atoms with E-state index in [4.69, 9.17) is 37.0 Å². The average Bonchev–Trinajstić information content (AvgIpc) is 3.70. The molecule has 0 spiro atoms. The van der Waals surface area contributed by atoms with Gasteiger partial charge < -0.3 is 33.8 Å². The molecule has 0 bridgehead atoms. The molecule has 3 N–H and O–H groups in total. The molecule has 0 saturated carbocycles. The highest BCUT2D eigenvalue weighted by Crippen LogP contribution is 2.45. The lowest BCUT2D eigenvalue weighted by Gasteiger charge is -2.21. The summed E-state index contributed by atoms with van der Waals surface area (Å²) >= 11 is 0. The van der Waals surface area contributed by atoms with Gasteiger partial charge in [0.05, 0.1) is 26.4 Å². The lowest BCUT2D eigenvalue weighted by Crippen LogP contribution is -2.30. The molecule has 0 aromatic heterocycles. The van der Waals surface area contributed by atoms with Crippen molar-refractivity contribution in [3.05, 3.63) is 0 Å². The SMILES string of the molecule is CCCCCCCCCCCCCCCCCCC(=O)O[C@H](COC(=O)CCCCCCCCCCCCCCC)COP(=O)(O)OC[C@@H](O)COP(=O)(O)OC[C@@H](COC(=O)CCCCCCCCC)OC(=O)CCCCCCCCCCC(C)C. The standard InChI is InChI=1S/C68H132O17P2/c1-6-9-12-15-18-20-22-24-25-26-28-30-32-38-43-48-53-67(72)84-64(58-79-66(71)52-47-42-37-31-29-27-23-21-19-16-13-10-7-2)60-83-87(76,77)81-56-62(69)55-80-86(74,75)82-59-63(57-78-65(70)51-46-41-35-17-14-11-8-3)85-68(73)54-49-44-39-34-33-36-40-45-50-61(4)5/h61-64,69H,6-60H2,1-5H3,(H,74,75)(H,76,77)/t62-,63+,64+/m0/s1. The van der Waals surface area contributed by atoms with Crippen LogP contribution in [0.15, 0.2) is 0 Å². The smallest absolute Gasteiger partial charge is 0.462 e. The average molecular weight is 1280 g/mol. The zero-order chi connectivity index (χ0) is 64.2. The Hall–Kier alpha value is -1.94. The van der Waals surface area contributed by atoms with Crippen LogP contribution in [-0.2, 0) is 65.4 Å². The Labute approximate surface area is 530 Å². The van der Waals surface area contributed by atoms with E-state index >= 15 is 0 Å². The van der Waals surface area contributed by atoms with Gasteiger partial charge >= 0.3 is 39.5 Å². The minimum atomic E-state index is -4.95. The molecule has 5 atom stereocenters. The first kappa shape index (κ1) is 85.1. The van der Waals surface area contributed by atoms with E-state index in [9.17, 15) is 43.2 Å². The van der Waals surface area contributed by atoms with Crippen molar-refractivity contribution in [1.29, 1.82) is 0 Å². The number of phosphoric ester groups is 2. The largest absolute Gasteiger partial charge is 0.472 e. The number of rotatable bonds is 68. The number of carbonyl (C=O) groups is 4. The number of carbonyl (C=O) groups excluding carboxylic acids is 4. The quantitative estimate of drug-likeness (QED) is 0.0222. The van der Waals surface area contributed by atoms with Crippen LogP contribution in [0.25, 0.3) is 0 Å². The van der Waals surface area contributed by atoms with E-state index in [0.717, 1.165) is 109 Å². The Morgan fingerprint density at radius 2 is 0.529 bits per heavy atom. The molecular formula is C68H132O17P2. The molecule has 0 amide bonds. The second kappa shape index (κ2) is 61.6. The summed E-state index contributed by atoms with van der Waals surface area (Å²) in [6, 6.07) is 0. The number of aliphatic hydroxyl groups is 1. The maximum absolute atomic E-state index is 13.0. The van der Waals surface area contributed by atoms with Crippen molar-refractivity contribution >= 4 is 39.5 Å². The molecule has 17 nitrogen and oxygen atoms in total. The highest BCUT2D eigenvalue weighted by molar-refractivity contribution is 7.47. The Kier molecular flexibility index (Phi) is 60.2. The third-order valence-electron chi connectivity index (χ3n) is 15.8. The third kappa shape index (κ3) is 62.6. The molecular weight excluding hydrogens is 1150 g/mol. The van der Waals surface area contributed by atoms with Crippen LogP contribution in [0.4, 0.5) is 0 Å². The van der Waals surface area contributed by atoms with Gasteiger partial charge in [-0.3, -0.25) is 37.3 Å². The Morgan fingerprint density at radius 3 is 0.782 bits per heavy atom. The Morgan fingerprint density at radius 1 is 0.310 bits per heavy atom. The molecule has 0 aliphatic carbocycles. The Balaban J connectivity index is 5.20. The Bertz CT molecular complexity index is 1690. The molecule has 19 heteroatoms. The van der Waals surface area contributed by atoms with Crippen LogP contribution in [0.1, 0.15) is 349 Å². The monoisotopic (exact) mass is 1280 g/mol. The van der Waals surface area contributed by atoms with Crippen molar-refractivity contribution in [1.82, 2.24) is 0 Å². The predicted octanol–water partition coefficient (Wildman–Crippen LogP) is 19.4. The van der Waals surface area contributed by atoms with Crippen molar-refractivity contribution in [2.45, 2.75) is 368 Å². The summed E-state index contributed by atoms with van der Waals surface area (Å²) in [6.45, 7) is 7.15. The van der Waals surface area contributed by atoms with Crippen molar-refractivity contribution in [2.24, 2.45) is 5.92 Å². The zero-order valence-corrected chi connectivity index (χ0v) is 57.9. The second-order valence-corrected chi connectivity index (χ2v) is 27.9. The van der Waals surface area contributed by atoms with Crippen LogP contribution in [0, 0.1) is 5.92 Å². The maximum atomic E-state index is 13.0. The first-order chi connectivity index (χ1) is 42.0. The first-order valence-electron chi connectivity index (χ1n) is 35.6. The van der Waals surface area contributed by atoms with Gasteiger partial charge in [0.2, 0.25) is 0 Å². The van der Waals surface area contributed by atoms with Crippen LogP contribution in [0.5, 0.6) is 0 Å². The van der Waals surface area contributed by atoms with Crippen molar-refractivity contribution in [3.63, 3.8) is 0 Å². The van der Waals surface area contributed by atoms with Gasteiger partial charge in [0.25, 0.3) is 0 Å². The molecule has 0 fully saturated rings. The number of ether oxygens (including phenoxy) is 4. The molecule has 516 valence electrons. The van der Waals surface area contributed by atoms with Crippen LogP contribution in [0.2, 0.25) is 0 Å². The molecule has 0 aliphatic heterocycles. The third-order valence-corrected chi connectivity index (χ3v) is 17.7. The van der Waals surface area contributed by atoms with Gasteiger partial charge in [-0.25, -0.2) is 9.13 Å². The van der Waals surface area contributed by atoms with E-state index < -0.39 is 97.5 Å². The maximum Gasteiger partial charge on any atom is 0.472 e. The van der Waals surface area contributed by atoms with Gasteiger partial charge in [-0.1, -0.05) is 298 Å². The fourth-order valence-corrected chi connectivity index (χ4v) is 11.9. The molecule has 0 aromatic carbocycles. The summed E-state index contributed by atoms with van der Waals surface area (Å²) in [6.07, 6.45) is 47.3. The predicted molar refractivity (Wildman–Crippen MR) is 349 cm³/mol. The zero-order valence-electron chi connectivity index (χ0n) is 56.2. The van der Waals surface area contributed by atoms with Gasteiger partial charge in [-0.05, 0) is 31.6 Å². The summed E-state index contributed by atoms with van der Waals surface area (Å²) in [5.74, 6) is -1.41. The highest BCUT2D eigenvalue weighted by atomic mass is 31.2. The lowest BCUT2D eigenvalue weighted by molar-refractivity contribution is -0.161. The van der Waals surface area contributed by atoms with E-state index in [0.29, 0.717) is 25.7 Å². The highest BCUT2D eigenvalue weighted by Gasteiger charge is 2.30. The molecule has 2 unspecified atom stereocenters. The summed E-state index contributed by atoms with van der Waals surface area (Å²) in [7, 11) is -9.89. The summed E-state index contributed by atoms with van der Waals surface area (Å²) in [5.41, 5.74) is 0. The lowest BCUT2D eigenvalue weighted by atomic mass is 10.0. The van der Waals surface area contributed by atoms with Crippen molar-refractivity contribution in [3.8, 4) is 0 Å². The first-order valence-corrected chi connectivity index (χ1v) is 38.6. The normalized spacial score (nSPS) is 14.1. The fraction of sp³-hybridized carbons (Fsp3) is 0.941. The number of hydrogen-bond acceptors (Lipinski definition) is 15. The minimum Gasteiger partial charge on any atom is -0.462 e. The summed E-state index contributed by atoms with van der Waals surface area (Å²) in [5, 5.41) is 10.6. The van der Waals surface area contributed by atoms with Crippen LogP contribution < -0.4 is 0 Å². The van der Waals surface area contributed by atoms with Gasteiger partial charge in [0, 0.05) is 25.7 Å². The van der Waals surface area contributed by atoms with Gasteiger partial charge in [0.1, 0.15) is 19.3 Å². The fourth-order valence-electron chi connectivity index (χ4n) is 10.3. The number of esters is 4. The van der Waals surface area contributed by atoms with E-state index in [-0.39, 0.29) is 25.7 Å². The number of aliphatic hydroxyl groups excluding tert-OH is 1. The number of hydrogen-bond donors (Lipinski definition) is 3. The van der Waals surface area contributed by atoms with Crippen LogP contribution in [0.3, 0.4) is 0 Å². The minimum absolute atomic E-state index is 0.104. The number of phosphoric acid groups is 2. The molecule has 0 rings (SSSR count). The molecule has 87 heavy (non-hydrogen) atoms. The molecule has 0 aromatic rings. The van der Waals surface area contributed by atoms with Crippen LogP contribution >= 0.6 is 15.6 Å². The van der Waals surface area contributed by atoms with E-state index in [1.807, 2.05) is 0 Å². The van der Waals surface area contributed by atoms with E-state index in [1.165, 1.54) is 161 Å². The topological polar surface area (TPSA) is 237 Å². The molecule has 0 heterocycles. The van der Waals surface area contributed by atoms with Crippen molar-refractivity contribution in [2.75, 3.05) is 39.6 Å². The number of unbranched alkanes of at least 4 members (excludes halogenated alkanes) is 40. The molecule has 0 aliphatic rings. The van der Waals surface area contributed by atoms with Gasteiger partial charge in [0.15, 0.2) is 12.2 Å². The van der Waals surface area contributed by atoms with E-state index in [2.05, 4.69) is 34.6 Å². The molecule has 0 saturated heterocycles.